The molecule has 0 fully saturated rings. The summed E-state index contributed by atoms with van der Waals surface area (Å²) in [7, 11) is -11.5. The zero-order valence-corrected chi connectivity index (χ0v) is 36.3. The number of hydrogen-bond donors (Lipinski definition) is 3. The van der Waals surface area contributed by atoms with Gasteiger partial charge in [0.05, 0.1) is 42.1 Å². The Kier molecular flexibility index (Phi) is 15.5. The monoisotopic (exact) mass is 833 g/mol. The van der Waals surface area contributed by atoms with E-state index in [9.17, 15) is 44.6 Å². The molecule has 1 heterocycles. The zero-order chi connectivity index (χ0) is 38.7. The van der Waals surface area contributed by atoms with Gasteiger partial charge in [0.25, 0.3) is 10.1 Å². The number of nitrogens with zero attached hydrogens (tertiary/aromatic N) is 6. The van der Waals surface area contributed by atoms with Crippen molar-refractivity contribution < 1.29 is 113 Å². The summed E-state index contributed by atoms with van der Waals surface area (Å²) in [6.45, 7) is 1.48. The Morgan fingerprint density at radius 2 is 1.60 bits per heavy atom. The molecule has 55 heavy (non-hydrogen) atoms. The smallest absolute Gasteiger partial charge is 0.871 e. The molecule has 0 bridgehead atoms. The van der Waals surface area contributed by atoms with Gasteiger partial charge in [-0.25, -0.2) is 16.8 Å². The minimum absolute atomic E-state index is 0. The molecule has 0 unspecified atom stereocenters. The summed E-state index contributed by atoms with van der Waals surface area (Å²) >= 11 is 0. The molecule has 24 heteroatoms. The molecular weight excluding hydrogens is 805 g/mol. The van der Waals surface area contributed by atoms with Gasteiger partial charge in [-0.2, -0.15) is 23.4 Å². The van der Waals surface area contributed by atoms with E-state index < -0.39 is 69.3 Å². The number of nitrogens with one attached hydrogen (secondary N) is 1. The Balaban J connectivity index is 0.00000406. The molecule has 0 atom stereocenters. The molecule has 0 radical (unpaired) electrons. The van der Waals surface area contributed by atoms with Crippen molar-refractivity contribution in [3.63, 3.8) is 0 Å². The summed E-state index contributed by atoms with van der Waals surface area (Å²) in [5.74, 6) is -1.48. The Morgan fingerprint density at radius 1 is 0.873 bits per heavy atom. The second-order valence-electron chi connectivity index (χ2n) is 10.8. The molecule has 0 spiro atoms. The van der Waals surface area contributed by atoms with Crippen molar-refractivity contribution in [2.24, 2.45) is 10.2 Å². The molecule has 0 saturated carbocycles. The number of hydrogen-bond acceptors (Lipinski definition) is 18. The first-order chi connectivity index (χ1) is 25.0. The van der Waals surface area contributed by atoms with Crippen LogP contribution in [-0.4, -0.2) is 87.5 Å². The standard InChI is InChI=1S/C31H31N7O12S3.2Na/c1-4-38(20-6-5-7-22(16-20)51(41,42)13-12-39)30-33-29(34-31(35-30)50-3)32-19-8-10-23-18(14-19)15-26(53(46,47)48)27(28(23)40)37-36-24-11-9-21(49-2)17-25(24)52(43,44)45;;/h5-11,14-17,39-40H,4,12-13H2,1-3H3,(H,43,44,45)(H,46,47,48)(H,32,33,34,35);;/q;2*+1/p-2. The van der Waals surface area contributed by atoms with E-state index >= 15 is 0 Å². The molecular formula is C31H29N7Na2O12S3. The van der Waals surface area contributed by atoms with E-state index in [1.807, 2.05) is 0 Å². The predicted molar refractivity (Wildman–Crippen MR) is 186 cm³/mol. The third-order valence-corrected chi connectivity index (χ3v) is 10.9. The maximum Gasteiger partial charge on any atom is 1.00 e. The van der Waals surface area contributed by atoms with Crippen LogP contribution in [0.5, 0.6) is 17.5 Å². The van der Waals surface area contributed by atoms with Crippen molar-refractivity contribution in [3.8, 4) is 17.5 Å². The van der Waals surface area contributed by atoms with Crippen molar-refractivity contribution >= 4 is 75.5 Å². The Labute approximate surface area is 359 Å². The summed E-state index contributed by atoms with van der Waals surface area (Å²) in [6.07, 6.45) is 0. The summed E-state index contributed by atoms with van der Waals surface area (Å²) in [5, 5.41) is 32.8. The Hall–Kier alpha value is -3.52. The number of aliphatic hydroxyl groups is 1. The quantitative estimate of drug-likeness (QED) is 0.0585. The predicted octanol–water partition coefficient (Wildman–Crippen LogP) is -2.64. The van der Waals surface area contributed by atoms with Gasteiger partial charge in [-0.05, 0) is 72.3 Å². The molecule has 4 aromatic carbocycles. The number of aromatic nitrogens is 3. The van der Waals surface area contributed by atoms with Gasteiger partial charge in [0.2, 0.25) is 11.9 Å². The van der Waals surface area contributed by atoms with Gasteiger partial charge < -0.3 is 34.5 Å². The van der Waals surface area contributed by atoms with Crippen LogP contribution in [-0.2, 0) is 30.1 Å². The maximum atomic E-state index is 13.5. The molecule has 5 aromatic rings. The van der Waals surface area contributed by atoms with Gasteiger partial charge in [0.15, 0.2) is 9.84 Å². The first-order valence-corrected chi connectivity index (χ1v) is 19.6. The topological polar surface area (TPSA) is 286 Å². The number of methoxy groups -OCH3 is 2. The molecule has 19 nitrogen and oxygen atoms in total. The second-order valence-corrected chi connectivity index (χ2v) is 15.7. The van der Waals surface area contributed by atoms with Crippen molar-refractivity contribution in [3.05, 3.63) is 66.7 Å². The summed E-state index contributed by atoms with van der Waals surface area (Å²) in [5.41, 5.74) is -0.738. The fourth-order valence-electron chi connectivity index (χ4n) is 4.98. The average Bonchev–Trinajstić information content (AvgIpc) is 3.10. The zero-order valence-electron chi connectivity index (χ0n) is 29.9. The van der Waals surface area contributed by atoms with E-state index in [0.29, 0.717) is 5.69 Å². The van der Waals surface area contributed by atoms with Crippen LogP contribution in [0.3, 0.4) is 0 Å². The molecule has 1 aromatic heterocycles. The fourth-order valence-corrected chi connectivity index (χ4v) is 7.32. The van der Waals surface area contributed by atoms with Crippen LogP contribution in [0.1, 0.15) is 6.92 Å². The van der Waals surface area contributed by atoms with Crippen LogP contribution in [0.25, 0.3) is 10.8 Å². The van der Waals surface area contributed by atoms with Gasteiger partial charge in [0, 0.05) is 17.9 Å². The largest absolute Gasteiger partial charge is 1.00 e. The van der Waals surface area contributed by atoms with Crippen LogP contribution in [0.2, 0.25) is 0 Å². The van der Waals surface area contributed by atoms with Crippen molar-refractivity contribution in [2.75, 3.05) is 43.3 Å². The van der Waals surface area contributed by atoms with E-state index in [1.165, 1.54) is 56.7 Å². The third-order valence-electron chi connectivity index (χ3n) is 7.45. The molecule has 3 N–H and O–H groups in total. The second kappa shape index (κ2) is 18.6. The van der Waals surface area contributed by atoms with Crippen LogP contribution in [0, 0.1) is 0 Å². The minimum Gasteiger partial charge on any atom is -0.871 e. The number of sulfone groups is 1. The van der Waals surface area contributed by atoms with Crippen LogP contribution >= 0.6 is 0 Å². The van der Waals surface area contributed by atoms with E-state index in [2.05, 4.69) is 30.5 Å². The van der Waals surface area contributed by atoms with Crippen LogP contribution in [0.4, 0.5) is 34.6 Å². The number of azo groups is 1. The number of rotatable bonds is 14. The SMILES string of the molecule is CCN(c1cccc(S(=O)(=O)CCO)c1)c1nc(Nc2ccc3c([O-])c(N=Nc4ccc(OC)cc4S(=O)(=O)[O-])c(S(=O)(=O)O)cc3c2)nc(OC)n1.[Na+].[Na+]. The number of fused-ring (bicyclic) bond motifs is 1. The normalized spacial score (nSPS) is 11.8. The van der Waals surface area contributed by atoms with E-state index in [-0.39, 0.29) is 111 Å². The van der Waals surface area contributed by atoms with Gasteiger partial charge in [-0.15, -0.1) is 10.2 Å². The Morgan fingerprint density at radius 3 is 2.22 bits per heavy atom. The van der Waals surface area contributed by atoms with Gasteiger partial charge in [-0.3, -0.25) is 4.55 Å². The fraction of sp³-hybridized carbons (Fsp3) is 0.194. The maximum absolute atomic E-state index is 13.5. The van der Waals surface area contributed by atoms with Crippen LogP contribution in [0.15, 0.2) is 91.6 Å². The summed E-state index contributed by atoms with van der Waals surface area (Å²) in [4.78, 5) is 12.7. The van der Waals surface area contributed by atoms with E-state index in [1.54, 1.807) is 17.9 Å². The number of aliphatic hydroxyl groups excluding tert-OH is 1. The summed E-state index contributed by atoms with van der Waals surface area (Å²) in [6, 6.07) is 14.1. The molecule has 0 aliphatic carbocycles. The summed E-state index contributed by atoms with van der Waals surface area (Å²) < 4.78 is 106. The number of ether oxygens (including phenoxy) is 2. The number of anilines is 4. The van der Waals surface area contributed by atoms with Crippen molar-refractivity contribution in [2.45, 2.75) is 21.6 Å². The molecule has 0 amide bonds. The molecule has 0 aliphatic heterocycles. The molecule has 0 aliphatic rings. The first-order valence-electron chi connectivity index (χ1n) is 15.1. The Bertz CT molecular complexity index is 2580. The van der Waals surface area contributed by atoms with Crippen molar-refractivity contribution in [1.29, 1.82) is 0 Å². The molecule has 0 saturated heterocycles. The molecule has 280 valence electrons. The van der Waals surface area contributed by atoms with Crippen molar-refractivity contribution in [1.82, 2.24) is 15.0 Å². The van der Waals surface area contributed by atoms with E-state index in [0.717, 1.165) is 18.2 Å². The average molecular weight is 834 g/mol. The van der Waals surface area contributed by atoms with Gasteiger partial charge in [-0.1, -0.05) is 17.9 Å². The van der Waals surface area contributed by atoms with E-state index in [4.69, 9.17) is 9.47 Å². The minimum atomic E-state index is -5.12. The first kappa shape index (κ1) is 45.9. The number of benzene rings is 4. The van der Waals surface area contributed by atoms with Crippen LogP contribution < -0.4 is 83.9 Å². The third kappa shape index (κ3) is 10.7. The van der Waals surface area contributed by atoms with Gasteiger partial charge >= 0.3 is 65.1 Å². The van der Waals surface area contributed by atoms with Gasteiger partial charge in [0.1, 0.15) is 26.5 Å². The molecule has 5 rings (SSSR count).